The van der Waals surface area contributed by atoms with Gasteiger partial charge in [-0.3, -0.25) is 14.5 Å². The number of hydrogen-bond acceptors (Lipinski definition) is 3. The van der Waals surface area contributed by atoms with Gasteiger partial charge in [-0.15, -0.1) is 0 Å². The molecule has 1 atom stereocenters. The van der Waals surface area contributed by atoms with Gasteiger partial charge in [0.15, 0.2) is 0 Å². The Hall–Kier alpha value is -2.60. The van der Waals surface area contributed by atoms with Gasteiger partial charge in [-0.2, -0.15) is 0 Å². The van der Waals surface area contributed by atoms with Crippen molar-refractivity contribution in [3.63, 3.8) is 0 Å². The SMILES string of the molecule is Cc1cccc(C)c1NC(=O)CNC(=O)CN1CCCC1c1cccn1C. The molecule has 1 aliphatic heterocycles. The summed E-state index contributed by atoms with van der Waals surface area (Å²) in [5.41, 5.74) is 4.07. The third-order valence-electron chi connectivity index (χ3n) is 5.23. The summed E-state index contributed by atoms with van der Waals surface area (Å²) in [5, 5.41) is 5.65. The van der Waals surface area contributed by atoms with Crippen LogP contribution in [-0.2, 0) is 16.6 Å². The summed E-state index contributed by atoms with van der Waals surface area (Å²) >= 11 is 0. The second kappa shape index (κ2) is 8.39. The van der Waals surface area contributed by atoms with E-state index in [0.717, 1.165) is 36.2 Å². The molecule has 144 valence electrons. The van der Waals surface area contributed by atoms with Crippen molar-refractivity contribution < 1.29 is 9.59 Å². The molecule has 1 aromatic heterocycles. The Morgan fingerprint density at radius 2 is 1.85 bits per heavy atom. The minimum Gasteiger partial charge on any atom is -0.353 e. The van der Waals surface area contributed by atoms with Gasteiger partial charge in [0.1, 0.15) is 0 Å². The highest BCUT2D eigenvalue weighted by molar-refractivity contribution is 5.95. The van der Waals surface area contributed by atoms with E-state index in [1.54, 1.807) is 0 Å². The Morgan fingerprint density at radius 3 is 2.52 bits per heavy atom. The van der Waals surface area contributed by atoms with Crippen LogP contribution in [0.1, 0.15) is 35.7 Å². The van der Waals surface area contributed by atoms with E-state index < -0.39 is 0 Å². The minimum atomic E-state index is -0.207. The molecule has 1 fully saturated rings. The van der Waals surface area contributed by atoms with Crippen molar-refractivity contribution in [3.05, 3.63) is 53.3 Å². The van der Waals surface area contributed by atoms with Crippen molar-refractivity contribution in [2.75, 3.05) is 25.0 Å². The zero-order valence-electron chi connectivity index (χ0n) is 16.3. The summed E-state index contributed by atoms with van der Waals surface area (Å²) in [6, 6.07) is 10.3. The molecule has 2 N–H and O–H groups in total. The molecule has 0 saturated carbocycles. The van der Waals surface area contributed by atoms with Crippen LogP contribution in [0, 0.1) is 13.8 Å². The number of aryl methyl sites for hydroxylation is 3. The molecule has 2 heterocycles. The van der Waals surface area contributed by atoms with Crippen LogP contribution >= 0.6 is 0 Å². The van der Waals surface area contributed by atoms with E-state index in [2.05, 4.69) is 26.2 Å². The van der Waals surface area contributed by atoms with Crippen molar-refractivity contribution >= 4 is 17.5 Å². The molecular formula is C21H28N4O2. The van der Waals surface area contributed by atoms with E-state index in [-0.39, 0.29) is 24.4 Å². The van der Waals surface area contributed by atoms with Crippen LogP contribution < -0.4 is 10.6 Å². The van der Waals surface area contributed by atoms with Crippen molar-refractivity contribution in [2.45, 2.75) is 32.7 Å². The van der Waals surface area contributed by atoms with Gasteiger partial charge in [-0.05, 0) is 56.5 Å². The Balaban J connectivity index is 1.51. The van der Waals surface area contributed by atoms with Crippen LogP contribution in [-0.4, -0.2) is 40.9 Å². The van der Waals surface area contributed by atoms with Crippen LogP contribution in [0.15, 0.2) is 36.5 Å². The number of aromatic nitrogens is 1. The highest BCUT2D eigenvalue weighted by atomic mass is 16.2. The van der Waals surface area contributed by atoms with Gasteiger partial charge < -0.3 is 15.2 Å². The van der Waals surface area contributed by atoms with Crippen molar-refractivity contribution in [1.82, 2.24) is 14.8 Å². The molecule has 1 aromatic carbocycles. The molecule has 0 bridgehead atoms. The zero-order valence-corrected chi connectivity index (χ0v) is 16.3. The largest absolute Gasteiger partial charge is 0.353 e. The van der Waals surface area contributed by atoms with Crippen molar-refractivity contribution in [2.24, 2.45) is 7.05 Å². The molecule has 3 rings (SSSR count). The maximum atomic E-state index is 12.4. The van der Waals surface area contributed by atoms with E-state index >= 15 is 0 Å². The lowest BCUT2D eigenvalue weighted by molar-refractivity contribution is -0.125. The van der Waals surface area contributed by atoms with Gasteiger partial charge in [-0.1, -0.05) is 18.2 Å². The van der Waals surface area contributed by atoms with Crippen LogP contribution in [0.3, 0.4) is 0 Å². The molecular weight excluding hydrogens is 340 g/mol. The normalized spacial score (nSPS) is 17.1. The molecule has 2 amide bonds. The molecule has 1 saturated heterocycles. The number of para-hydroxylation sites is 1. The van der Waals surface area contributed by atoms with Gasteiger partial charge in [0.2, 0.25) is 11.8 Å². The van der Waals surface area contributed by atoms with Gasteiger partial charge in [0, 0.05) is 24.6 Å². The highest BCUT2D eigenvalue weighted by Gasteiger charge is 2.28. The summed E-state index contributed by atoms with van der Waals surface area (Å²) < 4.78 is 2.11. The predicted octanol–water partition coefficient (Wildman–Crippen LogP) is 2.53. The number of nitrogens with one attached hydrogen (secondary N) is 2. The summed E-state index contributed by atoms with van der Waals surface area (Å²) in [4.78, 5) is 26.8. The fourth-order valence-electron chi connectivity index (χ4n) is 3.79. The Morgan fingerprint density at radius 1 is 1.11 bits per heavy atom. The number of carbonyl (C=O) groups excluding carboxylic acids is 2. The van der Waals surface area contributed by atoms with Crippen LogP contribution in [0.4, 0.5) is 5.69 Å². The van der Waals surface area contributed by atoms with E-state index in [9.17, 15) is 9.59 Å². The molecule has 0 radical (unpaired) electrons. The first-order chi connectivity index (χ1) is 13.0. The number of hydrogen-bond donors (Lipinski definition) is 2. The summed E-state index contributed by atoms with van der Waals surface area (Å²) in [7, 11) is 2.03. The third-order valence-corrected chi connectivity index (χ3v) is 5.23. The zero-order chi connectivity index (χ0) is 19.4. The fourth-order valence-corrected chi connectivity index (χ4v) is 3.79. The van der Waals surface area contributed by atoms with Gasteiger partial charge in [-0.25, -0.2) is 0 Å². The lowest BCUT2D eigenvalue weighted by atomic mass is 10.1. The smallest absolute Gasteiger partial charge is 0.243 e. The molecule has 27 heavy (non-hydrogen) atoms. The second-order valence-electron chi connectivity index (χ2n) is 7.26. The first-order valence-electron chi connectivity index (χ1n) is 9.43. The minimum absolute atomic E-state index is 0.0186. The van der Waals surface area contributed by atoms with Crippen LogP contribution in [0.25, 0.3) is 0 Å². The average molecular weight is 368 g/mol. The molecule has 1 aliphatic rings. The predicted molar refractivity (Wildman–Crippen MR) is 107 cm³/mol. The number of carbonyl (C=O) groups is 2. The second-order valence-corrected chi connectivity index (χ2v) is 7.26. The van der Waals surface area contributed by atoms with E-state index in [0.29, 0.717) is 6.54 Å². The van der Waals surface area contributed by atoms with Gasteiger partial charge >= 0.3 is 0 Å². The average Bonchev–Trinajstić information content (AvgIpc) is 3.25. The van der Waals surface area contributed by atoms with Crippen LogP contribution in [0.2, 0.25) is 0 Å². The van der Waals surface area contributed by atoms with Crippen molar-refractivity contribution in [1.29, 1.82) is 0 Å². The van der Waals surface area contributed by atoms with Gasteiger partial charge in [0.05, 0.1) is 19.1 Å². The molecule has 0 aliphatic carbocycles. The van der Waals surface area contributed by atoms with Crippen LogP contribution in [0.5, 0.6) is 0 Å². The standard InChI is InChI=1S/C21H28N4O2/c1-15-7-4-8-16(2)21(15)23-19(26)13-22-20(27)14-25-12-6-10-18(25)17-9-5-11-24(17)3/h4-5,7-9,11,18H,6,10,12-14H2,1-3H3,(H,22,27)(H,23,26). The molecule has 2 aromatic rings. The maximum absolute atomic E-state index is 12.4. The summed E-state index contributed by atoms with van der Waals surface area (Å²) in [6.07, 6.45) is 4.16. The first-order valence-corrected chi connectivity index (χ1v) is 9.43. The maximum Gasteiger partial charge on any atom is 0.243 e. The lowest BCUT2D eigenvalue weighted by Crippen LogP contribution is -2.40. The monoisotopic (exact) mass is 368 g/mol. The molecule has 0 spiro atoms. The Bertz CT molecular complexity index is 807. The number of anilines is 1. The Kier molecular flexibility index (Phi) is 5.96. The molecule has 6 heteroatoms. The topological polar surface area (TPSA) is 66.4 Å². The number of benzene rings is 1. The van der Waals surface area contributed by atoms with E-state index in [1.165, 1.54) is 5.69 Å². The highest BCUT2D eigenvalue weighted by Crippen LogP contribution is 2.31. The molecule has 6 nitrogen and oxygen atoms in total. The van der Waals surface area contributed by atoms with E-state index in [1.807, 2.05) is 51.4 Å². The third kappa shape index (κ3) is 4.57. The van der Waals surface area contributed by atoms with Gasteiger partial charge in [0.25, 0.3) is 0 Å². The fraction of sp³-hybridized carbons (Fsp3) is 0.429. The number of likely N-dealkylation sites (tertiary alicyclic amines) is 1. The quantitative estimate of drug-likeness (QED) is 0.823. The summed E-state index contributed by atoms with van der Waals surface area (Å²) in [6.45, 7) is 5.11. The number of amides is 2. The van der Waals surface area contributed by atoms with Crippen molar-refractivity contribution in [3.8, 4) is 0 Å². The first kappa shape index (κ1) is 19.2. The molecule has 1 unspecified atom stereocenters. The number of nitrogens with zero attached hydrogens (tertiary/aromatic N) is 2. The summed E-state index contributed by atoms with van der Waals surface area (Å²) in [5.74, 6) is -0.325. The van der Waals surface area contributed by atoms with E-state index in [4.69, 9.17) is 0 Å². The Labute approximate surface area is 160 Å². The number of rotatable bonds is 6. The lowest BCUT2D eigenvalue weighted by Gasteiger charge is -2.24.